The largest absolute Gasteiger partial charge is 0.324 e. The molecule has 1 N–H and O–H groups in total. The number of unbranched alkanes of at least 4 members (excludes halogenated alkanes) is 4. The quantitative estimate of drug-likeness (QED) is 0.717. The molecule has 1 aromatic carbocycles. The molecule has 0 aliphatic carbocycles. The van der Waals surface area contributed by atoms with Gasteiger partial charge in [0.1, 0.15) is 6.04 Å². The number of hydrogen-bond acceptors (Lipinski definition) is 4. The molecule has 1 heterocycles. The molecule has 0 spiro atoms. The van der Waals surface area contributed by atoms with Gasteiger partial charge in [0, 0.05) is 17.9 Å². The number of carbonyl (C=O) groups excluding carboxylic acids is 2. The minimum Gasteiger partial charge on any atom is -0.324 e. The lowest BCUT2D eigenvalue weighted by molar-refractivity contribution is -0.136. The van der Waals surface area contributed by atoms with Gasteiger partial charge in [0.2, 0.25) is 11.8 Å². The normalized spacial score (nSPS) is 16.5. The smallest absolute Gasteiger partial charge is 0.248 e. The maximum atomic E-state index is 12.5. The number of nitrogens with one attached hydrogen (secondary N) is 1. The lowest BCUT2D eigenvalue weighted by atomic mass is 10.1. The van der Waals surface area contributed by atoms with Gasteiger partial charge in [0.25, 0.3) is 0 Å². The second-order valence-electron chi connectivity index (χ2n) is 6.22. The summed E-state index contributed by atoms with van der Waals surface area (Å²) in [5.41, 5.74) is 1.20. The molecule has 5 nitrogen and oxygen atoms in total. The zero-order chi connectivity index (χ0) is 18.1. The van der Waals surface area contributed by atoms with Gasteiger partial charge in [0.05, 0.1) is 17.5 Å². The van der Waals surface area contributed by atoms with Gasteiger partial charge < -0.3 is 10.2 Å². The molecule has 25 heavy (non-hydrogen) atoms. The van der Waals surface area contributed by atoms with Crippen LogP contribution < -0.4 is 5.32 Å². The summed E-state index contributed by atoms with van der Waals surface area (Å²) in [7, 11) is 0. The van der Waals surface area contributed by atoms with Gasteiger partial charge in [-0.2, -0.15) is 5.26 Å². The lowest BCUT2D eigenvalue weighted by Gasteiger charge is -2.23. The molecule has 1 aromatic rings. The summed E-state index contributed by atoms with van der Waals surface area (Å²) in [5.74, 6) is 1.12. The maximum Gasteiger partial charge on any atom is 0.248 e. The molecule has 1 fully saturated rings. The molecule has 2 amide bonds. The summed E-state index contributed by atoms with van der Waals surface area (Å²) in [6, 6.07) is 8.38. The fourth-order valence-electron chi connectivity index (χ4n) is 2.78. The van der Waals surface area contributed by atoms with Crippen LogP contribution in [0.2, 0.25) is 0 Å². The average molecular weight is 359 g/mol. The number of anilines is 1. The van der Waals surface area contributed by atoms with Gasteiger partial charge in [-0.15, -0.1) is 11.8 Å². The van der Waals surface area contributed by atoms with Gasteiger partial charge in [-0.1, -0.05) is 32.6 Å². The molecule has 6 heteroatoms. The van der Waals surface area contributed by atoms with Gasteiger partial charge >= 0.3 is 0 Å². The van der Waals surface area contributed by atoms with Gasteiger partial charge in [-0.3, -0.25) is 9.59 Å². The van der Waals surface area contributed by atoms with E-state index >= 15 is 0 Å². The number of nitrogens with zero attached hydrogens (tertiary/aromatic N) is 2. The van der Waals surface area contributed by atoms with E-state index in [0.29, 0.717) is 29.3 Å². The number of hydrogen-bond donors (Lipinski definition) is 1. The zero-order valence-corrected chi connectivity index (χ0v) is 15.5. The van der Waals surface area contributed by atoms with Gasteiger partial charge in [-0.25, -0.2) is 0 Å². The van der Waals surface area contributed by atoms with Crippen molar-refractivity contribution in [1.82, 2.24) is 4.90 Å². The van der Waals surface area contributed by atoms with Crippen molar-refractivity contribution < 1.29 is 9.59 Å². The van der Waals surface area contributed by atoms with Crippen LogP contribution in [0.5, 0.6) is 0 Å². The first kappa shape index (κ1) is 19.3. The van der Waals surface area contributed by atoms with Crippen LogP contribution in [0.1, 0.15) is 51.0 Å². The highest BCUT2D eigenvalue weighted by Crippen LogP contribution is 2.24. The Hall–Kier alpha value is -2.00. The zero-order valence-electron chi connectivity index (χ0n) is 14.7. The summed E-state index contributed by atoms with van der Waals surface area (Å²) in [6.45, 7) is 2.17. The molecule has 0 bridgehead atoms. The molecule has 0 aromatic heterocycles. The van der Waals surface area contributed by atoms with Crippen molar-refractivity contribution in [3.63, 3.8) is 0 Å². The summed E-state index contributed by atoms with van der Waals surface area (Å²) in [4.78, 5) is 26.6. The van der Waals surface area contributed by atoms with E-state index in [1.54, 1.807) is 40.9 Å². The SMILES string of the molecule is CCCCCCCC(=O)N1CSCC1C(=O)Nc1ccc(C#N)cc1. The molecule has 1 aliphatic rings. The van der Waals surface area contributed by atoms with Crippen LogP contribution in [0.3, 0.4) is 0 Å². The Morgan fingerprint density at radius 3 is 2.64 bits per heavy atom. The van der Waals surface area contributed by atoms with Crippen molar-refractivity contribution in [2.45, 2.75) is 51.5 Å². The van der Waals surface area contributed by atoms with Crippen LogP contribution in [-0.2, 0) is 9.59 Å². The van der Waals surface area contributed by atoms with Crippen molar-refractivity contribution in [1.29, 1.82) is 5.26 Å². The second kappa shape index (κ2) is 10.1. The van der Waals surface area contributed by atoms with E-state index in [1.807, 2.05) is 6.07 Å². The predicted molar refractivity (Wildman–Crippen MR) is 101 cm³/mol. The second-order valence-corrected chi connectivity index (χ2v) is 7.22. The first-order valence-electron chi connectivity index (χ1n) is 8.84. The van der Waals surface area contributed by atoms with E-state index in [4.69, 9.17) is 5.26 Å². The van der Waals surface area contributed by atoms with Crippen LogP contribution in [0.25, 0.3) is 0 Å². The Bertz CT molecular complexity index is 625. The number of amides is 2. The molecule has 1 atom stereocenters. The minimum atomic E-state index is -0.413. The summed E-state index contributed by atoms with van der Waals surface area (Å²) in [5, 5.41) is 11.7. The highest BCUT2D eigenvalue weighted by atomic mass is 32.2. The van der Waals surface area contributed by atoms with Crippen LogP contribution in [0.4, 0.5) is 5.69 Å². The first-order valence-corrected chi connectivity index (χ1v) is 9.99. The third-order valence-corrected chi connectivity index (χ3v) is 5.29. The van der Waals surface area contributed by atoms with Crippen molar-refractivity contribution in [3.05, 3.63) is 29.8 Å². The number of rotatable bonds is 8. The fourth-order valence-corrected chi connectivity index (χ4v) is 3.96. The average Bonchev–Trinajstić information content (AvgIpc) is 3.12. The Morgan fingerprint density at radius 2 is 1.96 bits per heavy atom. The van der Waals surface area contributed by atoms with Crippen LogP contribution in [0.15, 0.2) is 24.3 Å². The van der Waals surface area contributed by atoms with E-state index < -0.39 is 6.04 Å². The van der Waals surface area contributed by atoms with Gasteiger partial charge in [0.15, 0.2) is 0 Å². The molecule has 2 rings (SSSR count). The first-order chi connectivity index (χ1) is 12.2. The molecule has 1 saturated heterocycles. The van der Waals surface area contributed by atoms with Crippen LogP contribution >= 0.6 is 11.8 Å². The Kier molecular flexibility index (Phi) is 7.80. The minimum absolute atomic E-state index is 0.0708. The molecular formula is C19H25N3O2S. The lowest BCUT2D eigenvalue weighted by Crippen LogP contribution is -2.44. The van der Waals surface area contributed by atoms with Crippen LogP contribution in [0, 0.1) is 11.3 Å². The number of nitriles is 1. The van der Waals surface area contributed by atoms with E-state index in [1.165, 1.54) is 19.3 Å². The van der Waals surface area contributed by atoms with Gasteiger partial charge in [-0.05, 0) is 30.7 Å². The third-order valence-electron chi connectivity index (χ3n) is 4.28. The van der Waals surface area contributed by atoms with Crippen molar-refractivity contribution in [2.75, 3.05) is 16.9 Å². The molecule has 0 radical (unpaired) electrons. The highest BCUT2D eigenvalue weighted by Gasteiger charge is 2.34. The standard InChI is InChI=1S/C19H25N3O2S/c1-2-3-4-5-6-7-18(23)22-14-25-13-17(22)19(24)21-16-10-8-15(12-20)9-11-16/h8-11,17H,2-7,13-14H2,1H3,(H,21,24). The summed E-state index contributed by atoms with van der Waals surface area (Å²) in [6.07, 6.45) is 6.05. The molecule has 1 aliphatic heterocycles. The molecule has 1 unspecified atom stereocenters. The van der Waals surface area contributed by atoms with Crippen molar-refractivity contribution >= 4 is 29.3 Å². The molecular weight excluding hydrogens is 334 g/mol. The maximum absolute atomic E-state index is 12.5. The Balaban J connectivity index is 1.85. The Labute approximate surface area is 153 Å². The Morgan fingerprint density at radius 1 is 1.24 bits per heavy atom. The van der Waals surface area contributed by atoms with Crippen LogP contribution in [-0.4, -0.2) is 34.4 Å². The number of thioether (sulfide) groups is 1. The number of carbonyl (C=O) groups is 2. The number of benzene rings is 1. The van der Waals surface area contributed by atoms with Crippen molar-refractivity contribution in [3.8, 4) is 6.07 Å². The monoisotopic (exact) mass is 359 g/mol. The van der Waals surface area contributed by atoms with E-state index in [9.17, 15) is 9.59 Å². The van der Waals surface area contributed by atoms with E-state index in [2.05, 4.69) is 12.2 Å². The third kappa shape index (κ3) is 5.79. The molecule has 134 valence electrons. The highest BCUT2D eigenvalue weighted by molar-refractivity contribution is 7.99. The predicted octanol–water partition coefficient (Wildman–Crippen LogP) is 3.76. The molecule has 0 saturated carbocycles. The summed E-state index contributed by atoms with van der Waals surface area (Å²) < 4.78 is 0. The topological polar surface area (TPSA) is 73.2 Å². The van der Waals surface area contributed by atoms with E-state index in [0.717, 1.165) is 12.8 Å². The van der Waals surface area contributed by atoms with E-state index in [-0.39, 0.29) is 11.8 Å². The van der Waals surface area contributed by atoms with Crippen molar-refractivity contribution in [2.24, 2.45) is 0 Å². The fraction of sp³-hybridized carbons (Fsp3) is 0.526. The summed E-state index contributed by atoms with van der Waals surface area (Å²) >= 11 is 1.61.